The minimum absolute atomic E-state index is 0.484. The van der Waals surface area contributed by atoms with E-state index in [1.54, 1.807) is 0 Å². The van der Waals surface area contributed by atoms with Crippen molar-refractivity contribution in [2.24, 2.45) is 11.5 Å². The Bertz CT molecular complexity index is 782. The largest absolute Gasteiger partial charge is 0.402 e. The maximum absolute atomic E-state index is 9.60. The third-order valence-electron chi connectivity index (χ3n) is 3.66. The molecule has 0 heterocycles. The van der Waals surface area contributed by atoms with Crippen LogP contribution < -0.4 is 11.5 Å². The highest BCUT2D eigenvalue weighted by Crippen LogP contribution is 2.32. The molecular weight excluding hydrogens is 270 g/mol. The normalized spacial score (nSPS) is 13.3. The zero-order chi connectivity index (χ0) is 16.1. The number of nitrogens with two attached hydrogens (primary N) is 2. The van der Waals surface area contributed by atoms with E-state index in [1.807, 2.05) is 56.3 Å². The highest BCUT2D eigenvalue weighted by Gasteiger charge is 2.16. The predicted molar refractivity (Wildman–Crippen MR) is 92.5 cm³/mol. The summed E-state index contributed by atoms with van der Waals surface area (Å²) in [6.07, 6.45) is 1.58. The van der Waals surface area contributed by atoms with Gasteiger partial charge in [-0.1, -0.05) is 55.8 Å². The van der Waals surface area contributed by atoms with Crippen molar-refractivity contribution < 1.29 is 0 Å². The van der Waals surface area contributed by atoms with E-state index in [0.717, 1.165) is 28.3 Å². The van der Waals surface area contributed by atoms with Gasteiger partial charge in [-0.2, -0.15) is 5.26 Å². The van der Waals surface area contributed by atoms with Gasteiger partial charge in [0.2, 0.25) is 0 Å². The first-order valence-electron chi connectivity index (χ1n) is 7.43. The fourth-order valence-corrected chi connectivity index (χ4v) is 2.67. The van der Waals surface area contributed by atoms with Gasteiger partial charge in [0.25, 0.3) is 0 Å². The number of hydrogen-bond donors (Lipinski definition) is 2. The van der Waals surface area contributed by atoms with Gasteiger partial charge in [0.05, 0.1) is 5.57 Å². The standard InChI is InChI=1S/C19H21N3/c1-3-7-18(22)17(12-20)19(13(2)21)16-11-6-9-14-8-4-5-10-15(14)16/h4-6,8-11H,3,7,21-22H2,1-2H3/b18-17+,19-13+. The van der Waals surface area contributed by atoms with Gasteiger partial charge in [-0.15, -0.1) is 0 Å². The van der Waals surface area contributed by atoms with Crippen molar-refractivity contribution in [1.82, 2.24) is 0 Å². The molecule has 0 aromatic heterocycles. The number of nitrogens with zero attached hydrogens (tertiary/aromatic N) is 1. The lowest BCUT2D eigenvalue weighted by molar-refractivity contribution is 0.888. The monoisotopic (exact) mass is 291 g/mol. The van der Waals surface area contributed by atoms with E-state index < -0.39 is 0 Å². The predicted octanol–water partition coefficient (Wildman–Crippen LogP) is 4.07. The Labute approximate surface area is 131 Å². The van der Waals surface area contributed by atoms with Crippen LogP contribution in [0.4, 0.5) is 0 Å². The molecule has 0 fully saturated rings. The quantitative estimate of drug-likeness (QED) is 0.658. The third kappa shape index (κ3) is 2.96. The van der Waals surface area contributed by atoms with Gasteiger partial charge in [0.15, 0.2) is 0 Å². The third-order valence-corrected chi connectivity index (χ3v) is 3.66. The van der Waals surface area contributed by atoms with Gasteiger partial charge in [-0.3, -0.25) is 0 Å². The zero-order valence-corrected chi connectivity index (χ0v) is 13.1. The molecular formula is C19H21N3. The molecule has 0 unspecified atom stereocenters. The lowest BCUT2D eigenvalue weighted by atomic mass is 9.90. The van der Waals surface area contributed by atoms with Crippen LogP contribution >= 0.6 is 0 Å². The second-order valence-corrected chi connectivity index (χ2v) is 5.35. The second-order valence-electron chi connectivity index (χ2n) is 5.35. The lowest BCUT2D eigenvalue weighted by Crippen LogP contribution is -2.07. The van der Waals surface area contributed by atoms with Crippen molar-refractivity contribution in [2.45, 2.75) is 26.7 Å². The van der Waals surface area contributed by atoms with E-state index in [2.05, 4.69) is 6.07 Å². The fourth-order valence-electron chi connectivity index (χ4n) is 2.67. The Balaban J connectivity index is 2.76. The minimum Gasteiger partial charge on any atom is -0.402 e. The smallest absolute Gasteiger partial charge is 0.102 e. The van der Waals surface area contributed by atoms with Gasteiger partial charge < -0.3 is 11.5 Å². The minimum atomic E-state index is 0.484. The van der Waals surface area contributed by atoms with Crippen LogP contribution in [0.15, 0.2) is 59.4 Å². The average Bonchev–Trinajstić information content (AvgIpc) is 2.52. The highest BCUT2D eigenvalue weighted by molar-refractivity contribution is 5.99. The molecule has 0 aliphatic carbocycles. The van der Waals surface area contributed by atoms with E-state index in [9.17, 15) is 5.26 Å². The van der Waals surface area contributed by atoms with Crippen molar-refractivity contribution in [3.05, 3.63) is 65.0 Å². The van der Waals surface area contributed by atoms with Crippen LogP contribution in [-0.4, -0.2) is 0 Å². The Hall–Kier alpha value is -2.73. The molecule has 0 atom stereocenters. The van der Waals surface area contributed by atoms with E-state index in [4.69, 9.17) is 11.5 Å². The Morgan fingerprint density at radius 3 is 2.41 bits per heavy atom. The molecule has 0 amide bonds. The number of fused-ring (bicyclic) bond motifs is 1. The molecule has 0 spiro atoms. The molecule has 0 saturated carbocycles. The molecule has 0 radical (unpaired) electrons. The molecule has 112 valence electrons. The SMILES string of the molecule is CCC/C(N)=C(C#N)\C(=C(/C)N)c1cccc2ccccc12. The summed E-state index contributed by atoms with van der Waals surface area (Å²) >= 11 is 0. The van der Waals surface area contributed by atoms with E-state index in [0.29, 0.717) is 23.4 Å². The highest BCUT2D eigenvalue weighted by atomic mass is 14.6. The summed E-state index contributed by atoms with van der Waals surface area (Å²) in [4.78, 5) is 0. The molecule has 22 heavy (non-hydrogen) atoms. The number of allylic oxidation sites excluding steroid dienone is 4. The van der Waals surface area contributed by atoms with Crippen LogP contribution in [0.1, 0.15) is 32.3 Å². The first-order valence-corrected chi connectivity index (χ1v) is 7.43. The second kappa shape index (κ2) is 6.82. The van der Waals surface area contributed by atoms with E-state index in [-0.39, 0.29) is 0 Å². The van der Waals surface area contributed by atoms with Gasteiger partial charge in [-0.25, -0.2) is 0 Å². The number of rotatable bonds is 4. The van der Waals surface area contributed by atoms with Crippen LogP contribution in [0.2, 0.25) is 0 Å². The topological polar surface area (TPSA) is 75.8 Å². The summed E-state index contributed by atoms with van der Waals surface area (Å²) in [5, 5.41) is 11.8. The molecule has 2 aromatic carbocycles. The van der Waals surface area contributed by atoms with Crippen LogP contribution in [0.3, 0.4) is 0 Å². The summed E-state index contributed by atoms with van der Waals surface area (Å²) in [6.45, 7) is 3.85. The zero-order valence-electron chi connectivity index (χ0n) is 13.1. The molecule has 2 rings (SSSR count). The van der Waals surface area contributed by atoms with E-state index >= 15 is 0 Å². The van der Waals surface area contributed by atoms with Crippen molar-refractivity contribution in [2.75, 3.05) is 0 Å². The molecule has 0 bridgehead atoms. The van der Waals surface area contributed by atoms with Gasteiger partial charge in [-0.05, 0) is 29.7 Å². The van der Waals surface area contributed by atoms with Gasteiger partial charge >= 0.3 is 0 Å². The van der Waals surface area contributed by atoms with Crippen LogP contribution in [0, 0.1) is 11.3 Å². The van der Waals surface area contributed by atoms with Crippen molar-refractivity contribution >= 4 is 16.3 Å². The summed E-state index contributed by atoms with van der Waals surface area (Å²) < 4.78 is 0. The Kier molecular flexibility index (Phi) is 4.85. The maximum Gasteiger partial charge on any atom is 0.102 e. The van der Waals surface area contributed by atoms with Crippen LogP contribution in [0.25, 0.3) is 16.3 Å². The molecule has 3 nitrogen and oxygen atoms in total. The first-order chi connectivity index (χ1) is 10.6. The molecule has 0 aliphatic heterocycles. The lowest BCUT2D eigenvalue weighted by Gasteiger charge is -2.14. The van der Waals surface area contributed by atoms with Gasteiger partial charge in [0.1, 0.15) is 6.07 Å². The van der Waals surface area contributed by atoms with Crippen LogP contribution in [0.5, 0.6) is 0 Å². The molecule has 4 N–H and O–H groups in total. The fraction of sp³-hybridized carbons (Fsp3) is 0.211. The number of nitriles is 1. The van der Waals surface area contributed by atoms with E-state index in [1.165, 1.54) is 0 Å². The van der Waals surface area contributed by atoms with Gasteiger partial charge in [0, 0.05) is 17.0 Å². The Morgan fingerprint density at radius 2 is 1.77 bits per heavy atom. The summed E-state index contributed by atoms with van der Waals surface area (Å²) in [7, 11) is 0. The van der Waals surface area contributed by atoms with Crippen molar-refractivity contribution in [3.63, 3.8) is 0 Å². The maximum atomic E-state index is 9.60. The molecule has 0 aliphatic rings. The van der Waals surface area contributed by atoms with Crippen molar-refractivity contribution in [3.8, 4) is 6.07 Å². The summed E-state index contributed by atoms with van der Waals surface area (Å²) in [5.41, 5.74) is 15.6. The number of hydrogen-bond acceptors (Lipinski definition) is 3. The van der Waals surface area contributed by atoms with Crippen molar-refractivity contribution in [1.29, 1.82) is 5.26 Å². The average molecular weight is 291 g/mol. The molecule has 3 heteroatoms. The number of benzene rings is 2. The first kappa shape index (κ1) is 15.7. The summed E-state index contributed by atoms with van der Waals surface area (Å²) in [6, 6.07) is 16.3. The molecule has 0 saturated heterocycles. The molecule has 2 aromatic rings. The Morgan fingerprint density at radius 1 is 1.09 bits per heavy atom. The summed E-state index contributed by atoms with van der Waals surface area (Å²) in [5.74, 6) is 0. The van der Waals surface area contributed by atoms with Crippen LogP contribution in [-0.2, 0) is 0 Å².